The van der Waals surface area contributed by atoms with Crippen molar-refractivity contribution >= 4 is 35.1 Å². The summed E-state index contributed by atoms with van der Waals surface area (Å²) >= 11 is 3.13. The van der Waals surface area contributed by atoms with E-state index in [1.165, 1.54) is 29.9 Å². The minimum absolute atomic E-state index is 0.0129. The Morgan fingerprint density at radius 1 is 1.06 bits per heavy atom. The van der Waals surface area contributed by atoms with Crippen LogP contribution in [0.1, 0.15) is 67.6 Å². The first-order valence-electron chi connectivity index (χ1n) is 16.5. The maximum Gasteiger partial charge on any atom is 0.416 e. The standard InChI is InChI=1S/C35H43F3N4O4S2/c1-4-45-33(43)24(3)46-30-15-14-28(20-23(30)2)47-22-31-29(40-32(48-31)25-10-12-26(13-11-25)35(36,37)38)21-41-16-18-42(19-17-41)34(44)39-27-8-6-5-7-9-27/h10-15,20,24,27H,4-9,16-19,21-22H2,1-3H3,(H,39,44). The molecule has 1 saturated carbocycles. The van der Waals surface area contributed by atoms with Crippen molar-refractivity contribution in [2.24, 2.45) is 0 Å². The highest BCUT2D eigenvalue weighted by atomic mass is 32.2. The lowest BCUT2D eigenvalue weighted by Crippen LogP contribution is -2.53. The van der Waals surface area contributed by atoms with Crippen LogP contribution in [0.15, 0.2) is 47.4 Å². The largest absolute Gasteiger partial charge is 0.479 e. The van der Waals surface area contributed by atoms with Crippen LogP contribution in [0.25, 0.3) is 10.6 Å². The third-order valence-corrected chi connectivity index (χ3v) is 11.0. The molecule has 2 aromatic carbocycles. The topological polar surface area (TPSA) is 84.0 Å². The van der Waals surface area contributed by atoms with Gasteiger partial charge in [0.1, 0.15) is 10.8 Å². The molecule has 260 valence electrons. The zero-order chi connectivity index (χ0) is 34.3. The second-order valence-corrected chi connectivity index (χ2v) is 14.4. The molecule has 1 aliphatic heterocycles. The number of urea groups is 1. The van der Waals surface area contributed by atoms with Crippen molar-refractivity contribution in [1.82, 2.24) is 20.1 Å². The molecule has 3 aromatic rings. The first-order chi connectivity index (χ1) is 23.0. The van der Waals surface area contributed by atoms with Crippen LogP contribution >= 0.6 is 23.1 Å². The van der Waals surface area contributed by atoms with E-state index in [4.69, 9.17) is 14.5 Å². The fourth-order valence-electron chi connectivity index (χ4n) is 5.87. The van der Waals surface area contributed by atoms with Gasteiger partial charge in [0.25, 0.3) is 0 Å². The number of esters is 1. The van der Waals surface area contributed by atoms with Crippen molar-refractivity contribution in [3.63, 3.8) is 0 Å². The highest BCUT2D eigenvalue weighted by Gasteiger charge is 2.30. The Balaban J connectivity index is 1.26. The first-order valence-corrected chi connectivity index (χ1v) is 18.3. The predicted molar refractivity (Wildman–Crippen MR) is 182 cm³/mol. The summed E-state index contributed by atoms with van der Waals surface area (Å²) < 4.78 is 50.5. The van der Waals surface area contributed by atoms with Gasteiger partial charge in [0, 0.05) is 59.9 Å². The molecular formula is C35H43F3N4O4S2. The van der Waals surface area contributed by atoms with Crippen LogP contribution in [-0.2, 0) is 28.0 Å². The molecule has 2 amide bonds. The number of amides is 2. The fourth-order valence-corrected chi connectivity index (χ4v) is 8.04. The molecule has 1 aromatic heterocycles. The zero-order valence-electron chi connectivity index (χ0n) is 27.6. The molecule has 0 spiro atoms. The summed E-state index contributed by atoms with van der Waals surface area (Å²) in [5, 5.41) is 3.89. The molecule has 0 bridgehead atoms. The molecule has 0 radical (unpaired) electrons. The Morgan fingerprint density at radius 3 is 2.42 bits per heavy atom. The zero-order valence-corrected chi connectivity index (χ0v) is 29.2. The van der Waals surface area contributed by atoms with Gasteiger partial charge in [0.15, 0.2) is 6.10 Å². The number of aryl methyl sites for hydroxylation is 1. The summed E-state index contributed by atoms with van der Waals surface area (Å²) in [5.74, 6) is 0.812. The van der Waals surface area contributed by atoms with Gasteiger partial charge in [0.2, 0.25) is 0 Å². The monoisotopic (exact) mass is 704 g/mol. The highest BCUT2D eigenvalue weighted by molar-refractivity contribution is 7.98. The Labute approximate surface area is 288 Å². The van der Waals surface area contributed by atoms with E-state index in [-0.39, 0.29) is 18.7 Å². The Hall–Kier alpha value is -3.29. The fraction of sp³-hybridized carbons (Fsp3) is 0.514. The van der Waals surface area contributed by atoms with E-state index in [2.05, 4.69) is 10.2 Å². The normalized spacial score (nSPS) is 16.8. The minimum Gasteiger partial charge on any atom is -0.479 e. The maximum absolute atomic E-state index is 13.2. The number of thioether (sulfide) groups is 1. The van der Waals surface area contributed by atoms with Gasteiger partial charge in [0.05, 0.1) is 17.9 Å². The molecule has 5 rings (SSSR count). The van der Waals surface area contributed by atoms with Crippen LogP contribution in [-0.4, -0.2) is 71.7 Å². The number of hydrogen-bond acceptors (Lipinski definition) is 8. The summed E-state index contributed by atoms with van der Waals surface area (Å²) in [6, 6.07) is 11.2. The molecule has 8 nitrogen and oxygen atoms in total. The van der Waals surface area contributed by atoms with Crippen LogP contribution < -0.4 is 10.1 Å². The second kappa shape index (κ2) is 16.4. The Kier molecular flexibility index (Phi) is 12.3. The van der Waals surface area contributed by atoms with E-state index in [0.717, 1.165) is 58.8 Å². The van der Waals surface area contributed by atoms with Gasteiger partial charge in [-0.2, -0.15) is 13.2 Å². The van der Waals surface area contributed by atoms with Crippen molar-refractivity contribution in [2.45, 2.75) is 88.4 Å². The summed E-state index contributed by atoms with van der Waals surface area (Å²) in [6.07, 6.45) is 0.529. The number of halogens is 3. The molecule has 13 heteroatoms. The number of hydrogen-bond donors (Lipinski definition) is 1. The van der Waals surface area contributed by atoms with E-state index in [9.17, 15) is 22.8 Å². The van der Waals surface area contributed by atoms with Crippen LogP contribution in [0, 0.1) is 6.92 Å². The number of nitrogens with one attached hydrogen (secondary N) is 1. The summed E-state index contributed by atoms with van der Waals surface area (Å²) in [4.78, 5) is 36.1. The van der Waals surface area contributed by atoms with Crippen molar-refractivity contribution < 1.29 is 32.2 Å². The van der Waals surface area contributed by atoms with Gasteiger partial charge in [-0.3, -0.25) is 4.90 Å². The molecule has 48 heavy (non-hydrogen) atoms. The number of nitrogens with zero attached hydrogens (tertiary/aromatic N) is 3. The molecule has 2 heterocycles. The molecule has 1 aliphatic carbocycles. The van der Waals surface area contributed by atoms with Gasteiger partial charge in [-0.15, -0.1) is 23.1 Å². The Morgan fingerprint density at radius 2 is 1.77 bits per heavy atom. The SMILES string of the molecule is CCOC(=O)C(C)Oc1ccc(SCc2sc(-c3ccc(C(F)(F)F)cc3)nc2CN2CCN(C(=O)NC3CCCCC3)CC2)cc1C. The van der Waals surface area contributed by atoms with Crippen molar-refractivity contribution in [2.75, 3.05) is 32.8 Å². The molecule has 1 N–H and O–H groups in total. The number of carbonyl (C=O) groups excluding carboxylic acids is 2. The quantitative estimate of drug-likeness (QED) is 0.160. The molecule has 1 unspecified atom stereocenters. The molecule has 2 fully saturated rings. The average molecular weight is 705 g/mol. The molecule has 2 aliphatic rings. The second-order valence-electron chi connectivity index (χ2n) is 12.2. The smallest absolute Gasteiger partial charge is 0.416 e. The van der Waals surface area contributed by atoms with E-state index in [1.807, 2.05) is 30.0 Å². The van der Waals surface area contributed by atoms with E-state index in [1.54, 1.807) is 25.6 Å². The lowest BCUT2D eigenvalue weighted by Gasteiger charge is -2.35. The number of benzene rings is 2. The third-order valence-electron chi connectivity index (χ3n) is 8.64. The van der Waals surface area contributed by atoms with Crippen LogP contribution in [0.5, 0.6) is 5.75 Å². The van der Waals surface area contributed by atoms with E-state index >= 15 is 0 Å². The van der Waals surface area contributed by atoms with Crippen molar-refractivity contribution in [3.05, 3.63) is 64.2 Å². The number of piperazine rings is 1. The van der Waals surface area contributed by atoms with Crippen LogP contribution in [0.4, 0.5) is 18.0 Å². The third kappa shape index (κ3) is 9.66. The predicted octanol–water partition coefficient (Wildman–Crippen LogP) is 7.92. The molecular weight excluding hydrogens is 662 g/mol. The lowest BCUT2D eigenvalue weighted by atomic mass is 9.96. The number of rotatable bonds is 11. The highest BCUT2D eigenvalue weighted by Crippen LogP contribution is 2.36. The van der Waals surface area contributed by atoms with Gasteiger partial charge < -0.3 is 19.7 Å². The van der Waals surface area contributed by atoms with Gasteiger partial charge in [-0.25, -0.2) is 14.6 Å². The van der Waals surface area contributed by atoms with Crippen molar-refractivity contribution in [3.8, 4) is 16.3 Å². The van der Waals surface area contributed by atoms with Crippen LogP contribution in [0.3, 0.4) is 0 Å². The van der Waals surface area contributed by atoms with Gasteiger partial charge in [-0.05, 0) is 69.5 Å². The minimum atomic E-state index is -4.40. The number of alkyl halides is 3. The summed E-state index contributed by atoms with van der Waals surface area (Å²) in [6.45, 7) is 8.88. The van der Waals surface area contributed by atoms with Gasteiger partial charge >= 0.3 is 18.2 Å². The number of ether oxygens (including phenoxy) is 2. The maximum atomic E-state index is 13.2. The number of carbonyl (C=O) groups is 2. The van der Waals surface area contributed by atoms with Crippen molar-refractivity contribution in [1.29, 1.82) is 0 Å². The lowest BCUT2D eigenvalue weighted by molar-refractivity contribution is -0.150. The first kappa shape index (κ1) is 36.0. The van der Waals surface area contributed by atoms with E-state index in [0.29, 0.717) is 54.8 Å². The number of aromatic nitrogens is 1. The van der Waals surface area contributed by atoms with Gasteiger partial charge in [-0.1, -0.05) is 31.4 Å². The van der Waals surface area contributed by atoms with E-state index < -0.39 is 23.8 Å². The Bertz CT molecular complexity index is 1540. The molecule has 1 saturated heterocycles. The van der Waals surface area contributed by atoms with Crippen LogP contribution in [0.2, 0.25) is 0 Å². The number of thiazole rings is 1. The summed E-state index contributed by atoms with van der Waals surface area (Å²) in [7, 11) is 0. The molecule has 1 atom stereocenters. The summed E-state index contributed by atoms with van der Waals surface area (Å²) in [5.41, 5.74) is 1.73. The average Bonchev–Trinajstić information content (AvgIpc) is 3.47.